The molecule has 7 heteroatoms. The molecule has 0 atom stereocenters. The fourth-order valence-electron chi connectivity index (χ4n) is 3.55. The molecule has 0 aliphatic carbocycles. The Kier molecular flexibility index (Phi) is 4.84. The molecule has 0 aliphatic rings. The van der Waals surface area contributed by atoms with Crippen LogP contribution in [0.5, 0.6) is 5.75 Å². The molecule has 0 spiro atoms. The van der Waals surface area contributed by atoms with Gasteiger partial charge in [0, 0.05) is 35.3 Å². The van der Waals surface area contributed by atoms with E-state index in [2.05, 4.69) is 20.1 Å². The Hall–Kier alpha value is -4.13. The molecule has 0 radical (unpaired) electrons. The molecule has 31 heavy (non-hydrogen) atoms. The second-order valence-electron chi connectivity index (χ2n) is 6.97. The number of para-hydroxylation sites is 1. The molecule has 5 rings (SSSR count). The molecule has 6 nitrogen and oxygen atoms in total. The smallest absolute Gasteiger partial charge is 0.180 e. The largest absolute Gasteiger partial charge is 0.496 e. The minimum Gasteiger partial charge on any atom is -0.496 e. The van der Waals surface area contributed by atoms with Crippen molar-refractivity contribution in [2.45, 2.75) is 6.54 Å². The highest BCUT2D eigenvalue weighted by atomic mass is 19.1. The predicted octanol–water partition coefficient (Wildman–Crippen LogP) is 4.75. The Labute approximate surface area is 178 Å². The van der Waals surface area contributed by atoms with Crippen molar-refractivity contribution in [1.29, 1.82) is 0 Å². The summed E-state index contributed by atoms with van der Waals surface area (Å²) in [4.78, 5) is 13.5. The summed E-state index contributed by atoms with van der Waals surface area (Å²) in [6.07, 6.45) is 5.19. The van der Waals surface area contributed by atoms with Crippen LogP contribution >= 0.6 is 0 Å². The molecule has 0 aliphatic heterocycles. The van der Waals surface area contributed by atoms with Gasteiger partial charge in [-0.1, -0.05) is 36.4 Å². The molecular weight excluding hydrogens is 393 g/mol. The first-order valence-electron chi connectivity index (χ1n) is 9.75. The summed E-state index contributed by atoms with van der Waals surface area (Å²) in [6, 6.07) is 18.1. The maximum Gasteiger partial charge on any atom is 0.180 e. The second-order valence-corrected chi connectivity index (χ2v) is 6.97. The molecule has 2 aromatic carbocycles. The summed E-state index contributed by atoms with van der Waals surface area (Å²) >= 11 is 0. The van der Waals surface area contributed by atoms with Crippen molar-refractivity contribution in [2.75, 3.05) is 7.11 Å². The SMILES string of the molecule is COc1ccccc1-c1cnc(-c2nn(Cc3ccccc3F)c3ncccc23)nc1. The van der Waals surface area contributed by atoms with Gasteiger partial charge in [-0.15, -0.1) is 0 Å². The highest BCUT2D eigenvalue weighted by Crippen LogP contribution is 2.30. The normalized spacial score (nSPS) is 11.0. The van der Waals surface area contributed by atoms with Crippen LogP contribution in [0.1, 0.15) is 5.56 Å². The second kappa shape index (κ2) is 7.95. The van der Waals surface area contributed by atoms with Gasteiger partial charge in [-0.25, -0.2) is 24.0 Å². The van der Waals surface area contributed by atoms with E-state index in [0.717, 1.165) is 22.3 Å². The first kappa shape index (κ1) is 18.9. The zero-order valence-electron chi connectivity index (χ0n) is 16.7. The van der Waals surface area contributed by atoms with Crippen LogP contribution < -0.4 is 4.74 Å². The highest BCUT2D eigenvalue weighted by molar-refractivity contribution is 5.89. The lowest BCUT2D eigenvalue weighted by molar-refractivity contribution is 0.416. The van der Waals surface area contributed by atoms with Crippen molar-refractivity contribution in [3.05, 3.63) is 90.6 Å². The highest BCUT2D eigenvalue weighted by Gasteiger charge is 2.17. The van der Waals surface area contributed by atoms with E-state index in [0.29, 0.717) is 22.7 Å². The minimum absolute atomic E-state index is 0.263. The monoisotopic (exact) mass is 411 g/mol. The number of hydrogen-bond donors (Lipinski definition) is 0. The molecule has 0 unspecified atom stereocenters. The number of fused-ring (bicyclic) bond motifs is 1. The Morgan fingerprint density at radius 2 is 1.68 bits per heavy atom. The van der Waals surface area contributed by atoms with Crippen LogP contribution in [0.3, 0.4) is 0 Å². The number of ether oxygens (including phenoxy) is 1. The summed E-state index contributed by atoms with van der Waals surface area (Å²) in [5.74, 6) is 0.952. The average molecular weight is 411 g/mol. The number of benzene rings is 2. The first-order valence-corrected chi connectivity index (χ1v) is 9.75. The minimum atomic E-state index is -0.277. The summed E-state index contributed by atoms with van der Waals surface area (Å²) < 4.78 is 21.3. The molecule has 0 saturated heterocycles. The number of aromatic nitrogens is 5. The van der Waals surface area contributed by atoms with Crippen molar-refractivity contribution < 1.29 is 9.13 Å². The van der Waals surface area contributed by atoms with Gasteiger partial charge in [-0.2, -0.15) is 5.10 Å². The molecular formula is C24H18FN5O. The maximum absolute atomic E-state index is 14.2. The Morgan fingerprint density at radius 3 is 2.48 bits per heavy atom. The van der Waals surface area contributed by atoms with Gasteiger partial charge in [0.1, 0.15) is 17.3 Å². The van der Waals surface area contributed by atoms with Gasteiger partial charge in [0.05, 0.1) is 19.0 Å². The lowest BCUT2D eigenvalue weighted by atomic mass is 10.1. The van der Waals surface area contributed by atoms with E-state index in [1.165, 1.54) is 6.07 Å². The standard InChI is InChI=1S/C24H18FN5O/c1-31-21-11-5-3-8-18(21)17-13-27-23(28-14-17)22-19-9-6-12-26-24(19)30(29-22)15-16-7-2-4-10-20(16)25/h2-14H,15H2,1H3. The van der Waals surface area contributed by atoms with Crippen LogP contribution in [0.4, 0.5) is 4.39 Å². The quantitative estimate of drug-likeness (QED) is 0.418. The molecule has 152 valence electrons. The fourth-order valence-corrected chi connectivity index (χ4v) is 3.55. The van der Waals surface area contributed by atoms with E-state index in [1.54, 1.807) is 48.6 Å². The number of hydrogen-bond acceptors (Lipinski definition) is 5. The fraction of sp³-hybridized carbons (Fsp3) is 0.0833. The van der Waals surface area contributed by atoms with E-state index in [1.807, 2.05) is 36.4 Å². The predicted molar refractivity (Wildman–Crippen MR) is 116 cm³/mol. The van der Waals surface area contributed by atoms with E-state index in [9.17, 15) is 4.39 Å². The van der Waals surface area contributed by atoms with Crippen LogP contribution in [0, 0.1) is 5.82 Å². The maximum atomic E-state index is 14.2. The number of halogens is 1. The van der Waals surface area contributed by atoms with Crippen molar-refractivity contribution in [1.82, 2.24) is 24.7 Å². The topological polar surface area (TPSA) is 65.7 Å². The molecule has 0 bridgehead atoms. The van der Waals surface area contributed by atoms with Gasteiger partial charge < -0.3 is 4.74 Å². The number of methoxy groups -OCH3 is 1. The lowest BCUT2D eigenvalue weighted by Crippen LogP contribution is -2.04. The van der Waals surface area contributed by atoms with Crippen LogP contribution in [0.15, 0.2) is 79.3 Å². The Bertz CT molecular complexity index is 1360. The van der Waals surface area contributed by atoms with Crippen molar-refractivity contribution in [2.24, 2.45) is 0 Å². The average Bonchev–Trinajstić information content (AvgIpc) is 3.19. The third kappa shape index (κ3) is 3.50. The van der Waals surface area contributed by atoms with E-state index in [4.69, 9.17) is 4.74 Å². The van der Waals surface area contributed by atoms with Crippen LogP contribution in [-0.4, -0.2) is 31.8 Å². The number of pyridine rings is 1. The molecule has 3 heterocycles. The Balaban J connectivity index is 1.56. The van der Waals surface area contributed by atoms with Crippen LogP contribution in [0.25, 0.3) is 33.7 Å². The third-order valence-corrected chi connectivity index (χ3v) is 5.07. The van der Waals surface area contributed by atoms with Gasteiger partial charge in [0.25, 0.3) is 0 Å². The summed E-state index contributed by atoms with van der Waals surface area (Å²) in [6.45, 7) is 0.263. The first-order chi connectivity index (χ1) is 15.2. The summed E-state index contributed by atoms with van der Waals surface area (Å²) in [7, 11) is 1.63. The zero-order valence-corrected chi connectivity index (χ0v) is 16.7. The third-order valence-electron chi connectivity index (χ3n) is 5.07. The van der Waals surface area contributed by atoms with E-state index < -0.39 is 0 Å². The molecule has 0 N–H and O–H groups in total. The van der Waals surface area contributed by atoms with Gasteiger partial charge in [0.15, 0.2) is 11.5 Å². The van der Waals surface area contributed by atoms with Gasteiger partial charge >= 0.3 is 0 Å². The summed E-state index contributed by atoms with van der Waals surface area (Å²) in [5, 5.41) is 5.48. The zero-order chi connectivity index (χ0) is 21.2. The number of nitrogens with zero attached hydrogens (tertiary/aromatic N) is 5. The lowest BCUT2D eigenvalue weighted by Gasteiger charge is -2.07. The Morgan fingerprint density at radius 1 is 0.903 bits per heavy atom. The van der Waals surface area contributed by atoms with Gasteiger partial charge in [0.2, 0.25) is 0 Å². The number of rotatable bonds is 5. The van der Waals surface area contributed by atoms with Crippen molar-refractivity contribution in [3.63, 3.8) is 0 Å². The molecule has 5 aromatic rings. The molecule has 0 saturated carbocycles. The van der Waals surface area contributed by atoms with Crippen LogP contribution in [0.2, 0.25) is 0 Å². The van der Waals surface area contributed by atoms with E-state index >= 15 is 0 Å². The molecule has 0 fully saturated rings. The van der Waals surface area contributed by atoms with E-state index in [-0.39, 0.29) is 12.4 Å². The van der Waals surface area contributed by atoms with Crippen molar-refractivity contribution in [3.8, 4) is 28.4 Å². The van der Waals surface area contributed by atoms with Gasteiger partial charge in [-0.05, 0) is 24.3 Å². The molecule has 0 amide bonds. The molecule has 3 aromatic heterocycles. The van der Waals surface area contributed by atoms with Crippen molar-refractivity contribution >= 4 is 11.0 Å². The summed E-state index contributed by atoms with van der Waals surface area (Å²) in [5.41, 5.74) is 3.54. The van der Waals surface area contributed by atoms with Gasteiger partial charge in [-0.3, -0.25) is 0 Å². The van der Waals surface area contributed by atoms with Crippen LogP contribution in [-0.2, 0) is 6.54 Å².